The fourth-order valence-electron chi connectivity index (χ4n) is 2.45. The van der Waals surface area contributed by atoms with Gasteiger partial charge in [0.2, 0.25) is 5.78 Å². The molecule has 0 saturated carbocycles. The van der Waals surface area contributed by atoms with Gasteiger partial charge in [0.05, 0.1) is 6.20 Å². The lowest BCUT2D eigenvalue weighted by Crippen LogP contribution is -2.21. The Kier molecular flexibility index (Phi) is 5.83. The number of phenols is 1. The van der Waals surface area contributed by atoms with Crippen LogP contribution in [0.1, 0.15) is 11.3 Å². The largest absolute Gasteiger partial charge is 0.508 e. The topological polar surface area (TPSA) is 87.7 Å². The number of hydrogen-bond acceptors (Lipinski definition) is 5. The van der Waals surface area contributed by atoms with E-state index in [0.717, 1.165) is 23.2 Å². The highest BCUT2D eigenvalue weighted by molar-refractivity contribution is 7.08. The monoisotopic (exact) mass is 421 g/mol. The maximum Gasteiger partial charge on any atom is 0.490 e. The number of phenolic OH excluding ortho intramolecular Hbond substituents is 1. The summed E-state index contributed by atoms with van der Waals surface area (Å²) in [5.74, 6) is -1.77. The number of aromatic nitrogens is 3. The van der Waals surface area contributed by atoms with Crippen LogP contribution in [-0.4, -0.2) is 36.7 Å². The highest BCUT2D eigenvalue weighted by atomic mass is 32.1. The molecule has 1 aromatic carbocycles. The molecule has 0 saturated heterocycles. The number of halogens is 3. The fourth-order valence-corrected chi connectivity index (χ4v) is 3.12. The first-order chi connectivity index (χ1) is 13.7. The van der Waals surface area contributed by atoms with Gasteiger partial charge in [-0.3, -0.25) is 4.40 Å². The molecule has 150 valence electrons. The van der Waals surface area contributed by atoms with Crippen molar-refractivity contribution in [2.24, 2.45) is 0 Å². The number of nitrogens with zero attached hydrogens (tertiary/aromatic N) is 3. The summed E-state index contributed by atoms with van der Waals surface area (Å²) in [6.45, 7) is 0. The van der Waals surface area contributed by atoms with Crippen molar-refractivity contribution in [1.29, 1.82) is 0 Å². The fraction of sp³-hybridized carbons (Fsp3) is 0.105. The standard InChI is InChI=1S/C17H13N3OS.C2HF3O2/c21-16-3-1-12(2-4-16)7-15-9-19-17-18-8-14(10-20(15)17)13-5-6-22-11-13;3-2(4,5)1(6)7/h1-6,8-11,21H,7H2;(H,6,7). The van der Waals surface area contributed by atoms with E-state index in [9.17, 15) is 18.3 Å². The minimum atomic E-state index is -5.08. The molecule has 3 aromatic heterocycles. The van der Waals surface area contributed by atoms with Crippen LogP contribution < -0.4 is 0 Å². The lowest BCUT2D eigenvalue weighted by molar-refractivity contribution is -0.192. The summed E-state index contributed by atoms with van der Waals surface area (Å²) in [6.07, 6.45) is 1.45. The van der Waals surface area contributed by atoms with E-state index in [1.807, 2.05) is 28.9 Å². The number of imidazole rings is 1. The van der Waals surface area contributed by atoms with Gasteiger partial charge in [0.1, 0.15) is 5.75 Å². The van der Waals surface area contributed by atoms with Crippen LogP contribution in [0.4, 0.5) is 13.2 Å². The van der Waals surface area contributed by atoms with Crippen LogP contribution in [0.2, 0.25) is 0 Å². The summed E-state index contributed by atoms with van der Waals surface area (Å²) in [7, 11) is 0. The molecular weight excluding hydrogens is 407 g/mol. The average molecular weight is 421 g/mol. The molecule has 0 aliphatic carbocycles. The SMILES string of the molecule is O=C(O)C(F)(F)F.Oc1ccc(Cc2cnc3ncc(-c4ccsc4)cn23)cc1. The Balaban J connectivity index is 0.000000298. The van der Waals surface area contributed by atoms with Gasteiger partial charge in [0.15, 0.2) is 0 Å². The second-order valence-electron chi connectivity index (χ2n) is 5.92. The number of benzene rings is 1. The third-order valence-corrected chi connectivity index (χ3v) is 4.54. The summed E-state index contributed by atoms with van der Waals surface area (Å²) in [4.78, 5) is 17.7. The van der Waals surface area contributed by atoms with Gasteiger partial charge in [-0.15, -0.1) is 0 Å². The quantitative estimate of drug-likeness (QED) is 0.512. The Morgan fingerprint density at radius 3 is 2.31 bits per heavy atom. The zero-order valence-electron chi connectivity index (χ0n) is 14.7. The molecule has 3 heterocycles. The molecule has 10 heteroatoms. The Labute approximate surface area is 166 Å². The number of carboxylic acid groups (broad SMARTS) is 1. The van der Waals surface area contributed by atoms with E-state index in [1.54, 1.807) is 23.5 Å². The van der Waals surface area contributed by atoms with E-state index in [4.69, 9.17) is 9.90 Å². The van der Waals surface area contributed by atoms with Crippen LogP contribution in [0.25, 0.3) is 16.9 Å². The van der Waals surface area contributed by atoms with Crippen molar-refractivity contribution in [2.75, 3.05) is 0 Å². The molecule has 0 spiro atoms. The lowest BCUT2D eigenvalue weighted by atomic mass is 10.1. The number of thiophene rings is 1. The zero-order chi connectivity index (χ0) is 21.0. The number of fused-ring (bicyclic) bond motifs is 1. The Morgan fingerprint density at radius 2 is 1.72 bits per heavy atom. The van der Waals surface area contributed by atoms with Crippen molar-refractivity contribution in [2.45, 2.75) is 12.6 Å². The van der Waals surface area contributed by atoms with E-state index >= 15 is 0 Å². The molecule has 0 atom stereocenters. The van der Waals surface area contributed by atoms with E-state index in [2.05, 4.69) is 33.0 Å². The van der Waals surface area contributed by atoms with Crippen LogP contribution in [0, 0.1) is 0 Å². The number of hydrogen-bond donors (Lipinski definition) is 2. The molecule has 0 fully saturated rings. The smallest absolute Gasteiger partial charge is 0.490 e. The van der Waals surface area contributed by atoms with Crippen molar-refractivity contribution in [3.05, 3.63) is 70.9 Å². The molecule has 0 aliphatic heterocycles. The summed E-state index contributed by atoms with van der Waals surface area (Å²) >= 11 is 1.67. The van der Waals surface area contributed by atoms with Gasteiger partial charge < -0.3 is 10.2 Å². The van der Waals surface area contributed by atoms with Crippen molar-refractivity contribution in [1.82, 2.24) is 14.4 Å². The van der Waals surface area contributed by atoms with Gasteiger partial charge in [-0.25, -0.2) is 14.8 Å². The average Bonchev–Trinajstić information content (AvgIpc) is 3.33. The van der Waals surface area contributed by atoms with E-state index in [1.165, 1.54) is 5.56 Å². The van der Waals surface area contributed by atoms with Crippen molar-refractivity contribution in [3.63, 3.8) is 0 Å². The number of alkyl halides is 3. The minimum absolute atomic E-state index is 0.281. The van der Waals surface area contributed by atoms with Gasteiger partial charge in [-0.05, 0) is 40.1 Å². The molecule has 6 nitrogen and oxygen atoms in total. The van der Waals surface area contributed by atoms with Gasteiger partial charge in [0, 0.05) is 30.1 Å². The molecule has 2 N–H and O–H groups in total. The third kappa shape index (κ3) is 5.11. The molecule has 0 aliphatic rings. The Bertz CT molecular complexity index is 1110. The van der Waals surface area contributed by atoms with Gasteiger partial charge in [0.25, 0.3) is 0 Å². The first kappa shape index (κ1) is 20.3. The van der Waals surface area contributed by atoms with Crippen molar-refractivity contribution >= 4 is 23.1 Å². The molecule has 0 radical (unpaired) electrons. The van der Waals surface area contributed by atoms with E-state index < -0.39 is 12.1 Å². The minimum Gasteiger partial charge on any atom is -0.508 e. The van der Waals surface area contributed by atoms with Crippen LogP contribution in [0.15, 0.2) is 59.7 Å². The van der Waals surface area contributed by atoms with Crippen molar-refractivity contribution < 1.29 is 28.2 Å². The van der Waals surface area contributed by atoms with Crippen LogP contribution >= 0.6 is 11.3 Å². The molecular formula is C19H14F3N3O3S. The maximum absolute atomic E-state index is 10.6. The van der Waals surface area contributed by atoms with Gasteiger partial charge >= 0.3 is 12.1 Å². The number of aliphatic carboxylic acids is 1. The van der Waals surface area contributed by atoms with Gasteiger partial charge in [-0.2, -0.15) is 24.5 Å². The third-order valence-electron chi connectivity index (χ3n) is 3.86. The molecule has 4 rings (SSSR count). The van der Waals surface area contributed by atoms with Crippen molar-refractivity contribution in [3.8, 4) is 16.9 Å². The summed E-state index contributed by atoms with van der Waals surface area (Å²) in [6, 6.07) is 9.33. The molecule has 0 unspecified atom stereocenters. The molecule has 4 aromatic rings. The van der Waals surface area contributed by atoms with Crippen LogP contribution in [0.5, 0.6) is 5.75 Å². The first-order valence-electron chi connectivity index (χ1n) is 8.16. The number of aromatic hydroxyl groups is 1. The Hall–Kier alpha value is -3.40. The van der Waals surface area contributed by atoms with E-state index in [0.29, 0.717) is 5.78 Å². The molecule has 0 bridgehead atoms. The Morgan fingerprint density at radius 1 is 1.07 bits per heavy atom. The summed E-state index contributed by atoms with van der Waals surface area (Å²) in [5, 5.41) is 20.7. The number of carboxylic acids is 1. The zero-order valence-corrected chi connectivity index (χ0v) is 15.5. The predicted molar refractivity (Wildman–Crippen MR) is 101 cm³/mol. The second-order valence-corrected chi connectivity index (χ2v) is 6.70. The van der Waals surface area contributed by atoms with E-state index in [-0.39, 0.29) is 5.75 Å². The summed E-state index contributed by atoms with van der Waals surface area (Å²) in [5.41, 5.74) is 4.45. The van der Waals surface area contributed by atoms with Crippen LogP contribution in [0.3, 0.4) is 0 Å². The predicted octanol–water partition coefficient (Wildman–Crippen LogP) is 4.39. The number of rotatable bonds is 3. The first-order valence-corrected chi connectivity index (χ1v) is 9.11. The maximum atomic E-state index is 10.6. The molecule has 29 heavy (non-hydrogen) atoms. The van der Waals surface area contributed by atoms with Gasteiger partial charge in [-0.1, -0.05) is 12.1 Å². The highest BCUT2D eigenvalue weighted by Crippen LogP contribution is 2.22. The van der Waals surface area contributed by atoms with Crippen LogP contribution in [-0.2, 0) is 11.2 Å². The molecule has 0 amide bonds. The second kappa shape index (κ2) is 8.31. The lowest BCUT2D eigenvalue weighted by Gasteiger charge is -2.04. The highest BCUT2D eigenvalue weighted by Gasteiger charge is 2.38. The normalized spacial score (nSPS) is 11.1. The number of carbonyl (C=O) groups is 1. The summed E-state index contributed by atoms with van der Waals surface area (Å²) < 4.78 is 33.8.